The Hall–Kier alpha value is -1.31. The molecule has 0 saturated carbocycles. The molecule has 5 rings (SSSR count). The minimum atomic E-state index is 0.631. The molecule has 0 aliphatic heterocycles. The van der Waals surface area contributed by atoms with Crippen molar-refractivity contribution in [3.05, 3.63) is 29.0 Å². The Bertz CT molecular complexity index is 498. The van der Waals surface area contributed by atoms with Crippen LogP contribution in [-0.2, 0) is 12.8 Å². The average molecular weight is 157 g/mol. The summed E-state index contributed by atoms with van der Waals surface area (Å²) < 4.78 is 5.30. The van der Waals surface area contributed by atoms with Crippen molar-refractivity contribution in [2.24, 2.45) is 0 Å². The summed E-state index contributed by atoms with van der Waals surface area (Å²) in [5.74, 6) is 0.631. The number of benzene rings is 1. The van der Waals surface area contributed by atoms with E-state index in [1.54, 1.807) is 0 Å². The van der Waals surface area contributed by atoms with Gasteiger partial charge in [-0.3, -0.25) is 0 Å². The van der Waals surface area contributed by atoms with Crippen molar-refractivity contribution in [1.82, 2.24) is 5.16 Å². The maximum absolute atomic E-state index is 5.30. The van der Waals surface area contributed by atoms with Gasteiger partial charge in [-0.25, -0.2) is 0 Å². The Morgan fingerprint density at radius 3 is 3.33 bits per heavy atom. The van der Waals surface area contributed by atoms with E-state index in [1.165, 1.54) is 28.6 Å². The van der Waals surface area contributed by atoms with E-state index in [2.05, 4.69) is 17.3 Å². The highest BCUT2D eigenvalue weighted by atomic mass is 16.5. The Morgan fingerprint density at radius 2 is 2.33 bits per heavy atom. The topological polar surface area (TPSA) is 26.0 Å². The van der Waals surface area contributed by atoms with Gasteiger partial charge in [-0.2, -0.15) is 0 Å². The van der Waals surface area contributed by atoms with Crippen molar-refractivity contribution in [2.75, 3.05) is 0 Å². The van der Waals surface area contributed by atoms with Crippen molar-refractivity contribution in [3.63, 3.8) is 0 Å². The van der Waals surface area contributed by atoms with E-state index in [4.69, 9.17) is 4.52 Å². The normalized spacial score (nSPS) is 23.2. The standard InChI is InChI=1S/C10H7NO/c1-5-2-7-4-6(1)9-8(3-5)10(7)12-11-9/h2-3,6H,1,4H2. The zero-order valence-electron chi connectivity index (χ0n) is 6.50. The zero-order valence-corrected chi connectivity index (χ0v) is 6.50. The number of aromatic nitrogens is 1. The van der Waals surface area contributed by atoms with E-state index in [1.807, 2.05) is 0 Å². The molecule has 0 saturated heterocycles. The maximum Gasteiger partial charge on any atom is 0.170 e. The summed E-state index contributed by atoms with van der Waals surface area (Å²) in [4.78, 5) is 0. The van der Waals surface area contributed by atoms with Crippen LogP contribution in [0.5, 0.6) is 0 Å². The van der Waals surface area contributed by atoms with E-state index in [-0.39, 0.29) is 0 Å². The largest absolute Gasteiger partial charge is 0.356 e. The molecule has 3 aliphatic carbocycles. The van der Waals surface area contributed by atoms with E-state index < -0.39 is 0 Å². The van der Waals surface area contributed by atoms with Gasteiger partial charge in [0.15, 0.2) is 5.58 Å². The molecule has 1 heterocycles. The molecule has 2 heteroatoms. The number of nitrogens with zero attached hydrogens (tertiary/aromatic N) is 1. The second-order valence-electron chi connectivity index (χ2n) is 3.80. The number of hydrogen-bond donors (Lipinski definition) is 0. The number of hydrogen-bond acceptors (Lipinski definition) is 2. The van der Waals surface area contributed by atoms with Gasteiger partial charge in [0.2, 0.25) is 0 Å². The fourth-order valence-electron chi connectivity index (χ4n) is 2.58. The van der Waals surface area contributed by atoms with Gasteiger partial charge in [0.1, 0.15) is 0 Å². The first kappa shape index (κ1) is 5.36. The average Bonchev–Trinajstić information content (AvgIpc) is 2.42. The van der Waals surface area contributed by atoms with E-state index in [0.717, 1.165) is 12.0 Å². The highest BCUT2D eigenvalue weighted by Crippen LogP contribution is 2.43. The fraction of sp³-hybridized carbons (Fsp3) is 0.300. The Kier molecular flexibility index (Phi) is 0.634. The predicted octanol–water partition coefficient (Wildman–Crippen LogP) is 2.02. The molecule has 58 valence electrons. The predicted molar refractivity (Wildman–Crippen MR) is 44.2 cm³/mol. The summed E-state index contributed by atoms with van der Waals surface area (Å²) >= 11 is 0. The van der Waals surface area contributed by atoms with Gasteiger partial charge in [-0.15, -0.1) is 0 Å². The fourth-order valence-corrected chi connectivity index (χ4v) is 2.58. The van der Waals surface area contributed by atoms with E-state index >= 15 is 0 Å². The molecule has 0 radical (unpaired) electrons. The van der Waals surface area contributed by atoms with Crippen molar-refractivity contribution in [2.45, 2.75) is 18.8 Å². The molecule has 1 aromatic carbocycles. The quantitative estimate of drug-likeness (QED) is 0.584. The maximum atomic E-state index is 5.30. The number of rotatable bonds is 0. The summed E-state index contributed by atoms with van der Waals surface area (Å²) in [5, 5.41) is 5.38. The Labute approximate surface area is 69.2 Å². The lowest BCUT2D eigenvalue weighted by molar-refractivity contribution is 0.445. The molecule has 2 nitrogen and oxygen atoms in total. The summed E-state index contributed by atoms with van der Waals surface area (Å²) in [6.45, 7) is 0. The third-order valence-corrected chi connectivity index (χ3v) is 3.07. The zero-order chi connectivity index (χ0) is 7.71. The van der Waals surface area contributed by atoms with Crippen LogP contribution in [0.25, 0.3) is 11.0 Å². The first-order chi connectivity index (χ1) is 5.92. The van der Waals surface area contributed by atoms with Crippen LogP contribution in [-0.4, -0.2) is 5.16 Å². The lowest BCUT2D eigenvalue weighted by atomic mass is 9.77. The molecule has 2 aromatic rings. The van der Waals surface area contributed by atoms with Gasteiger partial charge in [0.25, 0.3) is 0 Å². The Balaban J connectivity index is 2.44. The van der Waals surface area contributed by atoms with Crippen LogP contribution in [0.15, 0.2) is 16.7 Å². The van der Waals surface area contributed by atoms with Crippen molar-refractivity contribution in [1.29, 1.82) is 0 Å². The molecule has 0 N–H and O–H groups in total. The molecule has 1 atom stereocenters. The SMILES string of the molecule is c1c2cc3c4noc3c1CC4C2. The summed E-state index contributed by atoms with van der Waals surface area (Å²) in [5.41, 5.74) is 5.06. The van der Waals surface area contributed by atoms with Crippen LogP contribution in [0, 0.1) is 0 Å². The van der Waals surface area contributed by atoms with Gasteiger partial charge in [0, 0.05) is 11.3 Å². The molecule has 12 heavy (non-hydrogen) atoms. The second kappa shape index (κ2) is 1.42. The molecule has 0 spiro atoms. The minimum absolute atomic E-state index is 0.631. The van der Waals surface area contributed by atoms with Gasteiger partial charge < -0.3 is 4.52 Å². The van der Waals surface area contributed by atoms with Crippen molar-refractivity contribution in [3.8, 4) is 0 Å². The van der Waals surface area contributed by atoms with Crippen molar-refractivity contribution >= 4 is 11.0 Å². The van der Waals surface area contributed by atoms with Crippen LogP contribution in [0.4, 0.5) is 0 Å². The molecule has 1 aromatic heterocycles. The lowest BCUT2D eigenvalue weighted by Crippen LogP contribution is -2.16. The van der Waals surface area contributed by atoms with Gasteiger partial charge in [0.05, 0.1) is 5.69 Å². The van der Waals surface area contributed by atoms with Gasteiger partial charge in [-0.05, 0) is 30.0 Å². The van der Waals surface area contributed by atoms with Crippen LogP contribution < -0.4 is 0 Å². The molecule has 1 unspecified atom stereocenters. The van der Waals surface area contributed by atoms with Gasteiger partial charge in [-0.1, -0.05) is 11.2 Å². The van der Waals surface area contributed by atoms with Gasteiger partial charge >= 0.3 is 0 Å². The molecule has 3 aliphatic rings. The third kappa shape index (κ3) is 0.403. The third-order valence-electron chi connectivity index (χ3n) is 3.07. The minimum Gasteiger partial charge on any atom is -0.356 e. The highest BCUT2D eigenvalue weighted by molar-refractivity contribution is 5.87. The molecule has 0 amide bonds. The second-order valence-corrected chi connectivity index (χ2v) is 3.80. The first-order valence-corrected chi connectivity index (χ1v) is 4.33. The lowest BCUT2D eigenvalue weighted by Gasteiger charge is -2.25. The monoisotopic (exact) mass is 157 g/mol. The smallest absolute Gasteiger partial charge is 0.170 e. The van der Waals surface area contributed by atoms with Crippen LogP contribution in [0.2, 0.25) is 0 Å². The van der Waals surface area contributed by atoms with Crippen LogP contribution in [0.1, 0.15) is 22.7 Å². The van der Waals surface area contributed by atoms with E-state index in [9.17, 15) is 0 Å². The highest BCUT2D eigenvalue weighted by Gasteiger charge is 2.32. The molecular formula is C10H7NO. The van der Waals surface area contributed by atoms with Crippen LogP contribution >= 0.6 is 0 Å². The molecular weight excluding hydrogens is 150 g/mol. The Morgan fingerprint density at radius 1 is 1.33 bits per heavy atom. The summed E-state index contributed by atoms with van der Waals surface area (Å²) in [7, 11) is 0. The van der Waals surface area contributed by atoms with Crippen LogP contribution in [0.3, 0.4) is 0 Å². The van der Waals surface area contributed by atoms with E-state index in [0.29, 0.717) is 5.92 Å². The molecule has 6 bridgehead atoms. The first-order valence-electron chi connectivity index (χ1n) is 4.33. The summed E-state index contributed by atoms with van der Waals surface area (Å²) in [6.07, 6.45) is 2.32. The molecule has 0 fully saturated rings. The summed E-state index contributed by atoms with van der Waals surface area (Å²) in [6, 6.07) is 4.48. The van der Waals surface area contributed by atoms with Crippen molar-refractivity contribution < 1.29 is 4.52 Å².